The van der Waals surface area contributed by atoms with Gasteiger partial charge in [-0.25, -0.2) is 4.98 Å². The summed E-state index contributed by atoms with van der Waals surface area (Å²) in [5.41, 5.74) is 0.599. The summed E-state index contributed by atoms with van der Waals surface area (Å²) in [5.74, 6) is -0.919. The summed E-state index contributed by atoms with van der Waals surface area (Å²) < 4.78 is 0. The number of aromatic nitrogens is 1. The van der Waals surface area contributed by atoms with Crippen LogP contribution in [0, 0.1) is 0 Å². The Kier molecular flexibility index (Phi) is 5.33. The van der Waals surface area contributed by atoms with Gasteiger partial charge in [-0.2, -0.15) is 0 Å². The molecule has 1 unspecified atom stereocenters. The molecular formula is C15H17ClN2O2S. The zero-order chi connectivity index (χ0) is 15.4. The first kappa shape index (κ1) is 15.9. The second kappa shape index (κ2) is 7.02. The molecule has 0 aliphatic rings. The molecule has 0 amide bonds. The fraction of sp³-hybridized carbons (Fsp3) is 0.333. The second-order valence-electron chi connectivity index (χ2n) is 4.75. The molecule has 1 heterocycles. The third-order valence-corrected chi connectivity index (χ3v) is 4.68. The monoisotopic (exact) mass is 324 g/mol. The van der Waals surface area contributed by atoms with Gasteiger partial charge in [-0.15, -0.1) is 11.3 Å². The first-order valence-corrected chi connectivity index (χ1v) is 7.83. The van der Waals surface area contributed by atoms with E-state index in [0.29, 0.717) is 17.1 Å². The molecule has 1 aromatic carbocycles. The van der Waals surface area contributed by atoms with Gasteiger partial charge in [-0.3, -0.25) is 9.69 Å². The lowest BCUT2D eigenvalue weighted by Crippen LogP contribution is -2.30. The summed E-state index contributed by atoms with van der Waals surface area (Å²) in [5, 5.41) is 10.9. The molecule has 112 valence electrons. The summed E-state index contributed by atoms with van der Waals surface area (Å²) in [6, 6.07) is 6.26. The minimum Gasteiger partial charge on any atom is -0.480 e. The maximum Gasteiger partial charge on any atom is 0.325 e. The van der Waals surface area contributed by atoms with Crippen molar-refractivity contribution >= 4 is 28.9 Å². The topological polar surface area (TPSA) is 53.4 Å². The highest BCUT2D eigenvalue weighted by molar-refractivity contribution is 7.11. The van der Waals surface area contributed by atoms with Crippen LogP contribution in [0.2, 0.25) is 5.02 Å². The van der Waals surface area contributed by atoms with E-state index in [-0.39, 0.29) is 0 Å². The number of carboxylic acids is 1. The average molecular weight is 325 g/mol. The third kappa shape index (κ3) is 3.81. The van der Waals surface area contributed by atoms with Crippen molar-refractivity contribution in [3.8, 4) is 0 Å². The number of nitrogens with zero attached hydrogens (tertiary/aromatic N) is 2. The van der Waals surface area contributed by atoms with Gasteiger partial charge >= 0.3 is 5.97 Å². The van der Waals surface area contributed by atoms with Crippen LogP contribution in [0.4, 0.5) is 0 Å². The number of thiazole rings is 1. The molecule has 2 rings (SSSR count). The molecule has 0 saturated carbocycles. The first-order valence-electron chi connectivity index (χ1n) is 6.64. The lowest BCUT2D eigenvalue weighted by atomic mass is 10.1. The number of hydrogen-bond donors (Lipinski definition) is 1. The number of carboxylic acid groups (broad SMARTS) is 1. The van der Waals surface area contributed by atoms with Crippen LogP contribution in [-0.4, -0.2) is 28.0 Å². The Balaban J connectivity index is 2.22. The summed E-state index contributed by atoms with van der Waals surface area (Å²) >= 11 is 7.74. The largest absolute Gasteiger partial charge is 0.480 e. The maximum atomic E-state index is 11.6. The fourth-order valence-corrected chi connectivity index (χ4v) is 3.31. The molecule has 0 bridgehead atoms. The highest BCUT2D eigenvalue weighted by Crippen LogP contribution is 2.28. The van der Waals surface area contributed by atoms with Gasteiger partial charge in [0.25, 0.3) is 0 Å². The van der Waals surface area contributed by atoms with Gasteiger partial charge in [0.1, 0.15) is 11.0 Å². The lowest BCUT2D eigenvalue weighted by molar-refractivity contribution is -0.143. The standard InChI is InChI=1S/C15H17ClN2O2S/c1-3-10-8-17-13(21-10)9-18(2)14(15(19)20)11-6-4-5-7-12(11)16/h4-8,14H,3,9H2,1-2H3,(H,19,20). The quantitative estimate of drug-likeness (QED) is 0.881. The number of likely N-dealkylation sites (N-methyl/N-ethyl adjacent to an activating group) is 1. The Labute approximate surface area is 133 Å². The van der Waals surface area contributed by atoms with Crippen molar-refractivity contribution in [2.75, 3.05) is 7.05 Å². The van der Waals surface area contributed by atoms with Crippen LogP contribution in [0.15, 0.2) is 30.5 Å². The van der Waals surface area contributed by atoms with Crippen molar-refractivity contribution in [3.05, 3.63) is 50.9 Å². The van der Waals surface area contributed by atoms with Gasteiger partial charge in [0, 0.05) is 16.1 Å². The Morgan fingerprint density at radius 1 is 1.48 bits per heavy atom. The predicted octanol–water partition coefficient (Wildman–Crippen LogP) is 3.62. The van der Waals surface area contributed by atoms with Crippen molar-refractivity contribution in [2.45, 2.75) is 25.9 Å². The molecule has 1 aromatic heterocycles. The van der Waals surface area contributed by atoms with Crippen LogP contribution in [0.3, 0.4) is 0 Å². The second-order valence-corrected chi connectivity index (χ2v) is 6.36. The zero-order valence-electron chi connectivity index (χ0n) is 11.9. The first-order chi connectivity index (χ1) is 10.0. The number of halogens is 1. The van der Waals surface area contributed by atoms with Crippen molar-refractivity contribution in [1.29, 1.82) is 0 Å². The molecule has 0 fully saturated rings. The molecule has 2 aromatic rings. The normalized spacial score (nSPS) is 12.6. The van der Waals surface area contributed by atoms with Gasteiger partial charge in [0.2, 0.25) is 0 Å². The van der Waals surface area contributed by atoms with Crippen molar-refractivity contribution in [2.24, 2.45) is 0 Å². The Morgan fingerprint density at radius 2 is 2.19 bits per heavy atom. The van der Waals surface area contributed by atoms with E-state index in [2.05, 4.69) is 11.9 Å². The summed E-state index contributed by atoms with van der Waals surface area (Å²) in [6.07, 6.45) is 2.79. The van der Waals surface area contributed by atoms with E-state index in [1.165, 1.54) is 4.88 Å². The van der Waals surface area contributed by atoms with Gasteiger partial charge in [-0.1, -0.05) is 36.7 Å². The minimum atomic E-state index is -0.919. The number of benzene rings is 1. The molecule has 0 aliphatic heterocycles. The number of aryl methyl sites for hydroxylation is 1. The summed E-state index contributed by atoms with van der Waals surface area (Å²) in [6.45, 7) is 2.55. The summed E-state index contributed by atoms with van der Waals surface area (Å²) in [4.78, 5) is 18.9. The third-order valence-electron chi connectivity index (χ3n) is 3.21. The van der Waals surface area contributed by atoms with Crippen LogP contribution < -0.4 is 0 Å². The van der Waals surface area contributed by atoms with E-state index in [0.717, 1.165) is 11.4 Å². The number of carbonyl (C=O) groups is 1. The molecule has 0 spiro atoms. The SMILES string of the molecule is CCc1cnc(CN(C)C(C(=O)O)c2ccccc2Cl)s1. The van der Waals surface area contributed by atoms with Crippen molar-refractivity contribution in [1.82, 2.24) is 9.88 Å². The van der Waals surface area contributed by atoms with Gasteiger partial charge in [0.15, 0.2) is 0 Å². The molecule has 0 saturated heterocycles. The van der Waals surface area contributed by atoms with Gasteiger partial charge in [-0.05, 0) is 25.1 Å². The van der Waals surface area contributed by atoms with Crippen molar-refractivity contribution < 1.29 is 9.90 Å². The van der Waals surface area contributed by atoms with Crippen molar-refractivity contribution in [3.63, 3.8) is 0 Å². The molecule has 1 atom stereocenters. The molecular weight excluding hydrogens is 308 g/mol. The number of hydrogen-bond acceptors (Lipinski definition) is 4. The number of rotatable bonds is 6. The molecule has 21 heavy (non-hydrogen) atoms. The van der Waals surface area contributed by atoms with E-state index in [9.17, 15) is 9.90 Å². The molecule has 0 aliphatic carbocycles. The zero-order valence-corrected chi connectivity index (χ0v) is 13.5. The van der Waals surface area contributed by atoms with Crippen LogP contribution in [-0.2, 0) is 17.8 Å². The van der Waals surface area contributed by atoms with E-state index >= 15 is 0 Å². The Morgan fingerprint density at radius 3 is 2.76 bits per heavy atom. The minimum absolute atomic E-state index is 0.463. The van der Waals surface area contributed by atoms with E-state index < -0.39 is 12.0 Å². The van der Waals surface area contributed by atoms with E-state index in [4.69, 9.17) is 11.6 Å². The summed E-state index contributed by atoms with van der Waals surface area (Å²) in [7, 11) is 1.77. The Bertz CT molecular complexity index is 630. The fourth-order valence-electron chi connectivity index (χ4n) is 2.15. The predicted molar refractivity (Wildman–Crippen MR) is 84.8 cm³/mol. The maximum absolute atomic E-state index is 11.6. The smallest absolute Gasteiger partial charge is 0.325 e. The van der Waals surface area contributed by atoms with Crippen LogP contribution in [0.25, 0.3) is 0 Å². The molecule has 0 radical (unpaired) electrons. The van der Waals surface area contributed by atoms with Gasteiger partial charge < -0.3 is 5.11 Å². The molecule has 4 nitrogen and oxygen atoms in total. The highest BCUT2D eigenvalue weighted by Gasteiger charge is 2.27. The van der Waals surface area contributed by atoms with E-state index in [1.54, 1.807) is 47.5 Å². The van der Waals surface area contributed by atoms with Gasteiger partial charge in [0.05, 0.1) is 6.54 Å². The Hall–Kier alpha value is -1.43. The highest BCUT2D eigenvalue weighted by atomic mass is 35.5. The lowest BCUT2D eigenvalue weighted by Gasteiger charge is -2.24. The van der Waals surface area contributed by atoms with Crippen LogP contribution >= 0.6 is 22.9 Å². The molecule has 6 heteroatoms. The van der Waals surface area contributed by atoms with Crippen LogP contribution in [0.1, 0.15) is 28.4 Å². The average Bonchev–Trinajstić information content (AvgIpc) is 2.88. The molecule has 1 N–H and O–H groups in total. The van der Waals surface area contributed by atoms with Crippen LogP contribution in [0.5, 0.6) is 0 Å². The number of aliphatic carboxylic acids is 1. The van der Waals surface area contributed by atoms with E-state index in [1.807, 2.05) is 6.20 Å².